The van der Waals surface area contributed by atoms with E-state index < -0.39 is 0 Å². The lowest BCUT2D eigenvalue weighted by atomic mass is 9.97. The molecule has 88 valence electrons. The quantitative estimate of drug-likeness (QED) is 0.861. The van der Waals surface area contributed by atoms with E-state index in [1.807, 2.05) is 0 Å². The molecule has 0 saturated carbocycles. The normalized spacial score (nSPS) is 20.8. The highest BCUT2D eigenvalue weighted by molar-refractivity contribution is 6.31. The van der Waals surface area contributed by atoms with Gasteiger partial charge in [0, 0.05) is 16.6 Å². The number of ether oxygens (including phenoxy) is 1. The van der Waals surface area contributed by atoms with Crippen molar-refractivity contribution in [2.45, 2.75) is 25.3 Å². The predicted octanol–water partition coefficient (Wildman–Crippen LogP) is 3.30. The molecule has 0 bridgehead atoms. The number of halogens is 2. The van der Waals surface area contributed by atoms with E-state index in [4.69, 9.17) is 16.3 Å². The Labute approximate surface area is 99.7 Å². The molecule has 1 aromatic rings. The number of methoxy groups -OCH3 is 1. The molecule has 1 fully saturated rings. The summed E-state index contributed by atoms with van der Waals surface area (Å²) in [7, 11) is 1.46. The number of piperidine rings is 1. The van der Waals surface area contributed by atoms with Gasteiger partial charge in [-0.15, -0.1) is 0 Å². The fourth-order valence-corrected chi connectivity index (χ4v) is 2.40. The molecule has 1 N–H and O–H groups in total. The van der Waals surface area contributed by atoms with E-state index in [0.717, 1.165) is 25.8 Å². The number of rotatable bonds is 2. The first-order valence-electron chi connectivity index (χ1n) is 5.49. The lowest BCUT2D eigenvalue weighted by molar-refractivity contribution is 0.366. The Kier molecular flexibility index (Phi) is 3.66. The van der Waals surface area contributed by atoms with Crippen LogP contribution in [0.25, 0.3) is 0 Å². The fourth-order valence-electron chi connectivity index (χ4n) is 2.12. The molecule has 0 radical (unpaired) electrons. The van der Waals surface area contributed by atoms with Crippen molar-refractivity contribution >= 4 is 11.6 Å². The van der Waals surface area contributed by atoms with Gasteiger partial charge in [0.15, 0.2) is 11.6 Å². The third-order valence-corrected chi connectivity index (χ3v) is 3.30. The molecule has 0 amide bonds. The van der Waals surface area contributed by atoms with Gasteiger partial charge in [-0.25, -0.2) is 4.39 Å². The Morgan fingerprint density at radius 3 is 2.88 bits per heavy atom. The van der Waals surface area contributed by atoms with E-state index in [9.17, 15) is 4.39 Å². The highest BCUT2D eigenvalue weighted by Crippen LogP contribution is 2.35. The van der Waals surface area contributed by atoms with Gasteiger partial charge >= 0.3 is 0 Å². The van der Waals surface area contributed by atoms with E-state index >= 15 is 0 Å². The molecule has 0 spiro atoms. The lowest BCUT2D eigenvalue weighted by Crippen LogP contribution is -2.27. The average Bonchev–Trinajstić information content (AvgIpc) is 2.31. The van der Waals surface area contributed by atoms with Gasteiger partial charge in [0.1, 0.15) is 0 Å². The maximum atomic E-state index is 14.1. The zero-order valence-corrected chi connectivity index (χ0v) is 9.98. The van der Waals surface area contributed by atoms with Crippen molar-refractivity contribution in [3.05, 3.63) is 28.5 Å². The summed E-state index contributed by atoms with van der Waals surface area (Å²) in [5, 5.41) is 3.76. The van der Waals surface area contributed by atoms with E-state index in [1.54, 1.807) is 12.1 Å². The summed E-state index contributed by atoms with van der Waals surface area (Å²) in [5.41, 5.74) is 0.542. The summed E-state index contributed by atoms with van der Waals surface area (Å²) in [6, 6.07) is 3.26. The van der Waals surface area contributed by atoms with Crippen LogP contribution in [0.4, 0.5) is 4.39 Å². The molecule has 2 nitrogen and oxygen atoms in total. The smallest absolute Gasteiger partial charge is 0.171 e. The Morgan fingerprint density at radius 1 is 1.44 bits per heavy atom. The molecule has 1 aromatic carbocycles. The van der Waals surface area contributed by atoms with Crippen LogP contribution in [0.15, 0.2) is 12.1 Å². The largest absolute Gasteiger partial charge is 0.494 e. The van der Waals surface area contributed by atoms with Crippen LogP contribution in [0, 0.1) is 5.82 Å². The molecule has 16 heavy (non-hydrogen) atoms. The third kappa shape index (κ3) is 2.15. The number of hydrogen-bond acceptors (Lipinski definition) is 2. The molecule has 1 aliphatic rings. The van der Waals surface area contributed by atoms with Gasteiger partial charge in [0.05, 0.1) is 7.11 Å². The molecule has 2 rings (SSSR count). The minimum atomic E-state index is -0.339. The third-order valence-electron chi connectivity index (χ3n) is 2.97. The Balaban J connectivity index is 2.37. The topological polar surface area (TPSA) is 21.3 Å². The SMILES string of the molecule is COc1ccc(Cl)c(C2CCCCN2)c1F. The van der Waals surface area contributed by atoms with E-state index in [2.05, 4.69) is 5.32 Å². The van der Waals surface area contributed by atoms with Crippen molar-refractivity contribution in [1.29, 1.82) is 0 Å². The van der Waals surface area contributed by atoms with Crippen molar-refractivity contribution in [2.24, 2.45) is 0 Å². The molecule has 1 unspecified atom stereocenters. The minimum Gasteiger partial charge on any atom is -0.494 e. The molecule has 1 atom stereocenters. The second-order valence-corrected chi connectivity index (χ2v) is 4.39. The van der Waals surface area contributed by atoms with Crippen LogP contribution in [-0.4, -0.2) is 13.7 Å². The van der Waals surface area contributed by atoms with Gasteiger partial charge in [-0.05, 0) is 31.5 Å². The monoisotopic (exact) mass is 243 g/mol. The number of benzene rings is 1. The molecule has 0 aromatic heterocycles. The molecule has 1 saturated heterocycles. The van der Waals surface area contributed by atoms with Crippen LogP contribution >= 0.6 is 11.6 Å². The molecular formula is C12H15ClFNO. The van der Waals surface area contributed by atoms with Crippen molar-refractivity contribution in [1.82, 2.24) is 5.32 Å². The summed E-state index contributed by atoms with van der Waals surface area (Å²) >= 11 is 6.06. The van der Waals surface area contributed by atoms with Crippen LogP contribution in [0.3, 0.4) is 0 Å². The zero-order chi connectivity index (χ0) is 11.5. The van der Waals surface area contributed by atoms with Crippen LogP contribution in [0.1, 0.15) is 30.9 Å². The molecule has 0 aliphatic carbocycles. The van der Waals surface area contributed by atoms with Crippen LogP contribution in [0.2, 0.25) is 5.02 Å². The zero-order valence-electron chi connectivity index (χ0n) is 9.22. The summed E-state index contributed by atoms with van der Waals surface area (Å²) in [6.07, 6.45) is 3.16. The first-order chi connectivity index (χ1) is 7.74. The van der Waals surface area contributed by atoms with Crippen LogP contribution in [-0.2, 0) is 0 Å². The molecular weight excluding hydrogens is 229 g/mol. The number of nitrogens with one attached hydrogen (secondary N) is 1. The van der Waals surface area contributed by atoms with Gasteiger partial charge in [0.2, 0.25) is 0 Å². The van der Waals surface area contributed by atoms with Gasteiger partial charge in [-0.2, -0.15) is 0 Å². The second-order valence-electron chi connectivity index (χ2n) is 3.98. The summed E-state index contributed by atoms with van der Waals surface area (Å²) in [5.74, 6) is -0.0822. The standard InChI is InChI=1S/C12H15ClFNO/c1-16-10-6-5-8(13)11(12(10)14)9-4-2-3-7-15-9/h5-6,9,15H,2-4,7H2,1H3. The van der Waals surface area contributed by atoms with Crippen LogP contribution < -0.4 is 10.1 Å². The second kappa shape index (κ2) is 5.02. The van der Waals surface area contributed by atoms with Crippen molar-refractivity contribution in [3.8, 4) is 5.75 Å². The first kappa shape index (κ1) is 11.7. The van der Waals surface area contributed by atoms with Gasteiger partial charge in [0.25, 0.3) is 0 Å². The summed E-state index contributed by atoms with van der Waals surface area (Å²) in [4.78, 5) is 0. The Hall–Kier alpha value is -0.800. The first-order valence-corrected chi connectivity index (χ1v) is 5.87. The van der Waals surface area contributed by atoms with Crippen molar-refractivity contribution < 1.29 is 9.13 Å². The molecule has 4 heteroatoms. The highest BCUT2D eigenvalue weighted by Gasteiger charge is 2.23. The van der Waals surface area contributed by atoms with Gasteiger partial charge in [-0.1, -0.05) is 18.0 Å². The fraction of sp³-hybridized carbons (Fsp3) is 0.500. The van der Waals surface area contributed by atoms with Crippen molar-refractivity contribution in [2.75, 3.05) is 13.7 Å². The summed E-state index contributed by atoms with van der Waals surface area (Å²) < 4.78 is 19.0. The average molecular weight is 244 g/mol. The Morgan fingerprint density at radius 2 is 2.25 bits per heavy atom. The maximum Gasteiger partial charge on any atom is 0.171 e. The summed E-state index contributed by atoms with van der Waals surface area (Å²) in [6.45, 7) is 0.914. The highest BCUT2D eigenvalue weighted by atomic mass is 35.5. The Bertz CT molecular complexity index is 378. The minimum absolute atomic E-state index is 0.0105. The van der Waals surface area contributed by atoms with Crippen molar-refractivity contribution in [3.63, 3.8) is 0 Å². The molecule has 1 heterocycles. The molecule has 1 aliphatic heterocycles. The van der Waals surface area contributed by atoms with E-state index in [0.29, 0.717) is 10.6 Å². The predicted molar refractivity (Wildman–Crippen MR) is 62.6 cm³/mol. The van der Waals surface area contributed by atoms with E-state index in [1.165, 1.54) is 7.11 Å². The van der Waals surface area contributed by atoms with E-state index in [-0.39, 0.29) is 17.6 Å². The van der Waals surface area contributed by atoms with Crippen LogP contribution in [0.5, 0.6) is 5.75 Å². The van der Waals surface area contributed by atoms with Gasteiger partial charge in [-0.3, -0.25) is 0 Å². The maximum absolute atomic E-state index is 14.1. The van der Waals surface area contributed by atoms with Gasteiger partial charge < -0.3 is 10.1 Å². The number of hydrogen-bond donors (Lipinski definition) is 1. The lowest BCUT2D eigenvalue weighted by Gasteiger charge is -2.25.